The van der Waals surface area contributed by atoms with Crippen LogP contribution in [0.2, 0.25) is 12.1 Å². The van der Waals surface area contributed by atoms with Crippen LogP contribution in [0.1, 0.15) is 20.3 Å². The third-order valence-corrected chi connectivity index (χ3v) is 4.52. The second-order valence-corrected chi connectivity index (χ2v) is 5.66. The zero-order valence-electron chi connectivity index (χ0n) is 8.38. The van der Waals surface area contributed by atoms with E-state index in [4.69, 9.17) is 14.3 Å². The molecule has 0 heterocycles. The molecule has 4 heteroatoms. The van der Waals surface area contributed by atoms with Gasteiger partial charge in [0.2, 0.25) is 0 Å². The molecular formula is C9H18O3Si. The minimum absolute atomic E-state index is 0.587. The summed E-state index contributed by atoms with van der Waals surface area (Å²) < 4.78 is 10.4. The molecule has 0 saturated carbocycles. The Hall–Kier alpha value is -0.663. The molecule has 0 aromatic heterocycles. The van der Waals surface area contributed by atoms with Gasteiger partial charge in [-0.15, -0.1) is 0 Å². The number of hydrogen-bond donors (Lipinski definition) is 1. The molecule has 1 atom stereocenters. The van der Waals surface area contributed by atoms with Crippen molar-refractivity contribution < 1.29 is 14.3 Å². The Bertz CT molecular complexity index is 162. The van der Waals surface area contributed by atoms with Crippen molar-refractivity contribution in [1.82, 2.24) is 0 Å². The number of ether oxygens (including phenoxy) is 1. The summed E-state index contributed by atoms with van der Waals surface area (Å²) in [5.41, 5.74) is 0. The van der Waals surface area contributed by atoms with Gasteiger partial charge in [0, 0.05) is 6.61 Å². The van der Waals surface area contributed by atoms with Crippen molar-refractivity contribution in [3.63, 3.8) is 0 Å². The Morgan fingerprint density at radius 2 is 2.15 bits per heavy atom. The van der Waals surface area contributed by atoms with E-state index in [9.17, 15) is 0 Å². The van der Waals surface area contributed by atoms with E-state index in [1.807, 2.05) is 6.92 Å². The van der Waals surface area contributed by atoms with Crippen molar-refractivity contribution in [3.05, 3.63) is 0 Å². The third-order valence-electron chi connectivity index (χ3n) is 1.75. The van der Waals surface area contributed by atoms with Crippen molar-refractivity contribution in [2.75, 3.05) is 13.2 Å². The normalized spacial score (nSPS) is 11.5. The highest BCUT2D eigenvalue weighted by molar-refractivity contribution is 6.51. The molecule has 0 rings (SSSR count). The van der Waals surface area contributed by atoms with Crippen LogP contribution in [0.4, 0.5) is 0 Å². The number of aliphatic hydroxyl groups excluding tert-OH is 1. The van der Waals surface area contributed by atoms with Crippen LogP contribution in [0.25, 0.3) is 0 Å². The molecule has 0 fully saturated rings. The largest absolute Gasteiger partial charge is 0.460 e. The van der Waals surface area contributed by atoms with Gasteiger partial charge in [-0.1, -0.05) is 6.92 Å². The Morgan fingerprint density at radius 3 is 2.69 bits per heavy atom. The van der Waals surface area contributed by atoms with Gasteiger partial charge in [-0.25, -0.2) is 0 Å². The van der Waals surface area contributed by atoms with E-state index in [2.05, 4.69) is 13.0 Å². The molecule has 3 nitrogen and oxygen atoms in total. The van der Waals surface area contributed by atoms with Gasteiger partial charge in [-0.3, -0.25) is 0 Å². The second kappa shape index (κ2) is 9.43. The minimum Gasteiger partial charge on any atom is -0.460 e. The van der Waals surface area contributed by atoms with Crippen LogP contribution >= 0.6 is 0 Å². The minimum atomic E-state index is -0.955. The van der Waals surface area contributed by atoms with Crippen LogP contribution in [0.5, 0.6) is 0 Å². The molecule has 0 bridgehead atoms. The molecule has 0 aromatic rings. The highest BCUT2D eigenvalue weighted by Crippen LogP contribution is 2.04. The van der Waals surface area contributed by atoms with E-state index in [1.165, 1.54) is 6.04 Å². The Kier molecular flexibility index (Phi) is 8.94. The maximum Gasteiger partial charge on any atom is 0.176 e. The first-order valence-corrected chi connectivity index (χ1v) is 6.83. The van der Waals surface area contributed by atoms with Crippen LogP contribution in [0, 0.1) is 12.2 Å². The summed E-state index contributed by atoms with van der Waals surface area (Å²) in [6, 6.07) is 2.29. The van der Waals surface area contributed by atoms with Gasteiger partial charge < -0.3 is 14.3 Å². The summed E-state index contributed by atoms with van der Waals surface area (Å²) in [7, 11) is -0.955. The smallest absolute Gasteiger partial charge is 0.176 e. The fourth-order valence-electron chi connectivity index (χ4n) is 1.11. The van der Waals surface area contributed by atoms with Gasteiger partial charge in [-0.2, -0.15) is 0 Å². The van der Waals surface area contributed by atoms with Crippen molar-refractivity contribution >= 4 is 9.04 Å². The van der Waals surface area contributed by atoms with Gasteiger partial charge in [0.25, 0.3) is 0 Å². The average Bonchev–Trinajstić information content (AvgIpc) is 2.16. The van der Waals surface area contributed by atoms with E-state index in [-0.39, 0.29) is 0 Å². The fourth-order valence-corrected chi connectivity index (χ4v) is 3.01. The van der Waals surface area contributed by atoms with Gasteiger partial charge in [0.15, 0.2) is 21.3 Å². The first-order valence-electron chi connectivity index (χ1n) is 4.72. The van der Waals surface area contributed by atoms with E-state index in [0.29, 0.717) is 6.61 Å². The molecule has 1 N–H and O–H groups in total. The van der Waals surface area contributed by atoms with Gasteiger partial charge >= 0.3 is 0 Å². The second-order valence-electron chi connectivity index (χ2n) is 2.69. The van der Waals surface area contributed by atoms with Crippen molar-refractivity contribution in [1.29, 1.82) is 0 Å². The predicted molar refractivity (Wildman–Crippen MR) is 54.3 cm³/mol. The van der Waals surface area contributed by atoms with Crippen LogP contribution < -0.4 is 0 Å². The summed E-state index contributed by atoms with van der Waals surface area (Å²) in [5.74, 6) is 0. The summed E-state index contributed by atoms with van der Waals surface area (Å²) in [6.45, 7) is 5.61. The summed E-state index contributed by atoms with van der Waals surface area (Å²) in [4.78, 5) is 0. The number of aliphatic hydroxyl groups is 1. The van der Waals surface area contributed by atoms with E-state index >= 15 is 0 Å². The third kappa shape index (κ3) is 7.69. The lowest BCUT2D eigenvalue weighted by molar-refractivity contribution is 0.268. The van der Waals surface area contributed by atoms with Gasteiger partial charge in [0.1, 0.15) is 0 Å². The lowest BCUT2D eigenvalue weighted by Gasteiger charge is -2.11. The Balaban J connectivity index is 3.30. The van der Waals surface area contributed by atoms with E-state index in [0.717, 1.165) is 19.1 Å². The molecule has 0 radical (unpaired) electrons. The lowest BCUT2D eigenvalue weighted by Crippen LogP contribution is -2.16. The van der Waals surface area contributed by atoms with E-state index in [1.54, 1.807) is 6.11 Å². The molecule has 76 valence electrons. The highest BCUT2D eigenvalue weighted by Gasteiger charge is 2.07. The topological polar surface area (TPSA) is 38.7 Å². The predicted octanol–water partition coefficient (Wildman–Crippen LogP) is 1.46. The molecule has 0 aliphatic carbocycles. The Labute approximate surface area is 81.8 Å². The zero-order valence-corrected chi connectivity index (χ0v) is 9.53. The fraction of sp³-hybridized carbons (Fsp3) is 0.778. The number of hydrogen-bond acceptors (Lipinski definition) is 3. The molecule has 0 saturated heterocycles. The SMILES string of the molecule is CCO[SiH](CC)CCCOC#CO. The zero-order chi connectivity index (χ0) is 9.94. The van der Waals surface area contributed by atoms with E-state index < -0.39 is 9.04 Å². The monoisotopic (exact) mass is 202 g/mol. The molecule has 0 aliphatic heterocycles. The van der Waals surface area contributed by atoms with Crippen molar-refractivity contribution in [3.8, 4) is 12.2 Å². The first kappa shape index (κ1) is 12.3. The van der Waals surface area contributed by atoms with Gasteiger partial charge in [-0.05, 0) is 25.4 Å². The first-order chi connectivity index (χ1) is 6.35. The van der Waals surface area contributed by atoms with Crippen LogP contribution in [-0.4, -0.2) is 27.4 Å². The van der Waals surface area contributed by atoms with Crippen LogP contribution in [-0.2, 0) is 9.16 Å². The van der Waals surface area contributed by atoms with Crippen molar-refractivity contribution in [2.45, 2.75) is 32.4 Å². The molecule has 13 heavy (non-hydrogen) atoms. The maximum absolute atomic E-state index is 8.10. The molecule has 0 spiro atoms. The molecule has 0 amide bonds. The quantitative estimate of drug-likeness (QED) is 0.386. The Morgan fingerprint density at radius 1 is 1.38 bits per heavy atom. The maximum atomic E-state index is 8.10. The highest BCUT2D eigenvalue weighted by atomic mass is 28.3. The molecule has 1 unspecified atom stereocenters. The van der Waals surface area contributed by atoms with Crippen LogP contribution in [0.15, 0.2) is 0 Å². The number of rotatable bonds is 7. The van der Waals surface area contributed by atoms with Crippen molar-refractivity contribution in [2.24, 2.45) is 0 Å². The van der Waals surface area contributed by atoms with Crippen LogP contribution in [0.3, 0.4) is 0 Å². The molecule has 0 aliphatic rings. The van der Waals surface area contributed by atoms with Gasteiger partial charge in [0.05, 0.1) is 6.61 Å². The summed E-state index contributed by atoms with van der Waals surface area (Å²) in [5, 5.41) is 8.10. The molecular weight excluding hydrogens is 184 g/mol. The summed E-state index contributed by atoms with van der Waals surface area (Å²) in [6.07, 6.45) is 4.83. The lowest BCUT2D eigenvalue weighted by atomic mass is 10.5. The average molecular weight is 202 g/mol. The standard InChI is InChI=1S/C9H18O3Si/c1-3-12-13(4-2)9-5-7-11-8-6-10/h10,13H,3-5,7,9H2,1-2H3. The summed E-state index contributed by atoms with van der Waals surface area (Å²) >= 11 is 0. The molecule has 0 aromatic carbocycles.